The molecule has 0 aromatic carbocycles. The fourth-order valence-electron chi connectivity index (χ4n) is 1.62. The topological polar surface area (TPSA) is 20.3 Å². The molecule has 0 atom stereocenters. The molecule has 0 N–H and O–H groups in total. The predicted molar refractivity (Wildman–Crippen MR) is 62.0 cm³/mol. The molecule has 0 saturated carbocycles. The Morgan fingerprint density at radius 1 is 1.47 bits per heavy atom. The van der Waals surface area contributed by atoms with Crippen LogP contribution < -0.4 is 0 Å². The number of hydrogen-bond donors (Lipinski definition) is 0. The van der Waals surface area contributed by atoms with E-state index >= 15 is 0 Å². The van der Waals surface area contributed by atoms with Gasteiger partial charge < -0.3 is 4.90 Å². The van der Waals surface area contributed by atoms with Gasteiger partial charge in [-0.3, -0.25) is 4.79 Å². The number of carbonyl (C=O) groups is 1. The van der Waals surface area contributed by atoms with Crippen LogP contribution >= 0.6 is 11.3 Å². The van der Waals surface area contributed by atoms with E-state index in [4.69, 9.17) is 0 Å². The Hall–Kier alpha value is -1.27. The second kappa shape index (κ2) is 4.50. The Kier molecular flexibility index (Phi) is 3.08. The van der Waals surface area contributed by atoms with Gasteiger partial charge in [-0.2, -0.15) is 0 Å². The molecular weight excluding hydrogens is 206 g/mol. The summed E-state index contributed by atoms with van der Waals surface area (Å²) in [4.78, 5) is 14.5. The van der Waals surface area contributed by atoms with Crippen molar-refractivity contribution in [2.45, 2.75) is 19.8 Å². The number of ketones is 1. The van der Waals surface area contributed by atoms with Gasteiger partial charge in [-0.25, -0.2) is 0 Å². The normalized spacial score (nSPS) is 14.9. The van der Waals surface area contributed by atoms with Crippen LogP contribution in [0.3, 0.4) is 0 Å². The molecule has 3 heteroatoms. The fraction of sp³-hybridized carbons (Fsp3) is 0.417. The summed E-state index contributed by atoms with van der Waals surface area (Å²) in [6.07, 6.45) is 2.39. The lowest BCUT2D eigenvalue weighted by atomic mass is 10.2. The van der Waals surface area contributed by atoms with Gasteiger partial charge >= 0.3 is 0 Å². The summed E-state index contributed by atoms with van der Waals surface area (Å²) in [7, 11) is 0. The Balaban J connectivity index is 2.06. The maximum Gasteiger partial charge on any atom is 0.247 e. The first-order chi connectivity index (χ1) is 7.27. The van der Waals surface area contributed by atoms with Crippen molar-refractivity contribution in [3.8, 4) is 12.0 Å². The molecule has 1 aliphatic rings. The smallest absolute Gasteiger partial charge is 0.247 e. The van der Waals surface area contributed by atoms with Gasteiger partial charge in [-0.15, -0.1) is 11.3 Å². The number of Topliss-reactive ketones (excluding diaryl/α,β-unsaturated/α-hetero) is 1. The van der Waals surface area contributed by atoms with Gasteiger partial charge in [0.25, 0.3) is 0 Å². The molecule has 2 heterocycles. The summed E-state index contributed by atoms with van der Waals surface area (Å²) in [5, 5.41) is 1.93. The third-order valence-corrected chi connectivity index (χ3v) is 3.52. The van der Waals surface area contributed by atoms with E-state index in [0.29, 0.717) is 0 Å². The number of carbonyl (C=O) groups excluding carboxylic acids is 1. The van der Waals surface area contributed by atoms with Crippen molar-refractivity contribution in [3.05, 3.63) is 21.9 Å². The van der Waals surface area contributed by atoms with Crippen molar-refractivity contribution < 1.29 is 4.79 Å². The average molecular weight is 219 g/mol. The highest BCUT2D eigenvalue weighted by Gasteiger charge is 2.09. The highest BCUT2D eigenvalue weighted by atomic mass is 32.1. The molecule has 78 valence electrons. The van der Waals surface area contributed by atoms with Crippen LogP contribution in [-0.2, 0) is 0 Å². The molecule has 0 radical (unpaired) electrons. The Labute approximate surface area is 93.9 Å². The molecule has 2 nitrogen and oxygen atoms in total. The highest BCUT2D eigenvalue weighted by Crippen LogP contribution is 2.15. The van der Waals surface area contributed by atoms with E-state index in [1.165, 1.54) is 24.2 Å². The molecule has 1 saturated heterocycles. The number of nitrogens with zero attached hydrogens (tertiary/aromatic N) is 1. The van der Waals surface area contributed by atoms with E-state index in [9.17, 15) is 4.79 Å². The largest absolute Gasteiger partial charge is 0.332 e. The average Bonchev–Trinajstić information content (AvgIpc) is 2.84. The summed E-state index contributed by atoms with van der Waals surface area (Å²) >= 11 is 1.47. The minimum Gasteiger partial charge on any atom is -0.332 e. The van der Waals surface area contributed by atoms with Crippen molar-refractivity contribution >= 4 is 17.1 Å². The Bertz CT molecular complexity index is 418. The van der Waals surface area contributed by atoms with Gasteiger partial charge in [0, 0.05) is 25.1 Å². The fourth-order valence-corrected chi connectivity index (χ4v) is 2.44. The molecule has 0 unspecified atom stereocenters. The summed E-state index contributed by atoms with van der Waals surface area (Å²) in [6, 6.07) is 4.89. The second-order valence-corrected chi connectivity index (χ2v) is 4.61. The van der Waals surface area contributed by atoms with Crippen LogP contribution in [0.2, 0.25) is 0 Å². The number of thiophene rings is 1. The lowest BCUT2D eigenvalue weighted by Crippen LogP contribution is -2.12. The van der Waals surface area contributed by atoms with E-state index in [2.05, 4.69) is 12.0 Å². The first-order valence-corrected chi connectivity index (χ1v) is 6.00. The van der Waals surface area contributed by atoms with E-state index in [-0.39, 0.29) is 5.78 Å². The maximum absolute atomic E-state index is 11.7. The highest BCUT2D eigenvalue weighted by molar-refractivity contribution is 7.12. The molecule has 0 amide bonds. The van der Waals surface area contributed by atoms with Crippen LogP contribution in [0.5, 0.6) is 0 Å². The van der Waals surface area contributed by atoms with Crippen molar-refractivity contribution in [2.75, 3.05) is 13.1 Å². The summed E-state index contributed by atoms with van der Waals surface area (Å²) < 4.78 is 0. The SMILES string of the molecule is Cc1ccsc1C(=O)C#CN1CCCC1. The van der Waals surface area contributed by atoms with Gasteiger partial charge in [0.2, 0.25) is 5.78 Å². The van der Waals surface area contributed by atoms with Crippen LogP contribution in [-0.4, -0.2) is 23.8 Å². The quantitative estimate of drug-likeness (QED) is 0.533. The lowest BCUT2D eigenvalue weighted by molar-refractivity contribution is 0.105. The second-order valence-electron chi connectivity index (χ2n) is 3.69. The molecule has 2 rings (SSSR count). The number of hydrogen-bond acceptors (Lipinski definition) is 3. The molecule has 1 aromatic heterocycles. The molecular formula is C12H13NOS. The zero-order valence-corrected chi connectivity index (χ0v) is 9.56. The third kappa shape index (κ3) is 2.40. The van der Waals surface area contributed by atoms with E-state index in [0.717, 1.165) is 23.5 Å². The molecule has 0 aliphatic carbocycles. The molecule has 0 spiro atoms. The van der Waals surface area contributed by atoms with Crippen molar-refractivity contribution in [1.29, 1.82) is 0 Å². The van der Waals surface area contributed by atoms with Crippen LogP contribution in [0.4, 0.5) is 0 Å². The minimum atomic E-state index is -0.0469. The monoisotopic (exact) mass is 219 g/mol. The van der Waals surface area contributed by atoms with Crippen molar-refractivity contribution in [1.82, 2.24) is 4.90 Å². The van der Waals surface area contributed by atoms with Crippen LogP contribution in [0, 0.1) is 18.9 Å². The first-order valence-electron chi connectivity index (χ1n) is 5.12. The molecule has 1 fully saturated rings. The molecule has 15 heavy (non-hydrogen) atoms. The van der Waals surface area contributed by atoms with Crippen LogP contribution in [0.15, 0.2) is 11.4 Å². The van der Waals surface area contributed by atoms with Gasteiger partial charge in [0.05, 0.1) is 4.88 Å². The van der Waals surface area contributed by atoms with Gasteiger partial charge in [-0.05, 0) is 36.8 Å². The predicted octanol–water partition coefficient (Wildman–Crippen LogP) is 2.30. The van der Waals surface area contributed by atoms with Crippen molar-refractivity contribution in [3.63, 3.8) is 0 Å². The zero-order chi connectivity index (χ0) is 10.7. The summed E-state index contributed by atoms with van der Waals surface area (Å²) in [5.41, 5.74) is 1.03. The van der Waals surface area contributed by atoms with Gasteiger partial charge in [0.15, 0.2) is 0 Å². The number of rotatable bonds is 1. The van der Waals surface area contributed by atoms with Gasteiger partial charge in [0.1, 0.15) is 0 Å². The van der Waals surface area contributed by atoms with Crippen LogP contribution in [0.1, 0.15) is 28.1 Å². The van der Waals surface area contributed by atoms with Crippen molar-refractivity contribution in [2.24, 2.45) is 0 Å². The summed E-state index contributed by atoms with van der Waals surface area (Å²) in [5.74, 6) is 2.67. The Morgan fingerprint density at radius 3 is 2.80 bits per heavy atom. The molecule has 0 bridgehead atoms. The van der Waals surface area contributed by atoms with Gasteiger partial charge in [-0.1, -0.05) is 0 Å². The first kappa shape index (κ1) is 10.3. The van der Waals surface area contributed by atoms with E-state index in [1.807, 2.05) is 23.3 Å². The lowest BCUT2D eigenvalue weighted by Gasteiger charge is -2.04. The maximum atomic E-state index is 11.7. The van der Waals surface area contributed by atoms with Crippen LogP contribution in [0.25, 0.3) is 0 Å². The molecule has 1 aliphatic heterocycles. The summed E-state index contributed by atoms with van der Waals surface area (Å²) in [6.45, 7) is 3.95. The number of aryl methyl sites for hydroxylation is 1. The zero-order valence-electron chi connectivity index (χ0n) is 8.75. The Morgan fingerprint density at radius 2 is 2.20 bits per heavy atom. The number of likely N-dealkylation sites (tertiary alicyclic amines) is 1. The van der Waals surface area contributed by atoms with E-state index < -0.39 is 0 Å². The third-order valence-electron chi connectivity index (χ3n) is 2.50. The van der Waals surface area contributed by atoms with E-state index in [1.54, 1.807) is 0 Å². The standard InChI is InChI=1S/C12H13NOS/c1-10-5-9-15-12(10)11(14)4-8-13-6-2-3-7-13/h5,9H,2-3,6-7H2,1H3. The molecule has 1 aromatic rings. The minimum absolute atomic E-state index is 0.0469.